The van der Waals surface area contributed by atoms with Crippen molar-refractivity contribution in [1.29, 1.82) is 0 Å². The Bertz CT molecular complexity index is 765. The molecule has 5 heteroatoms. The van der Waals surface area contributed by atoms with Crippen LogP contribution in [0, 0.1) is 6.92 Å². The summed E-state index contributed by atoms with van der Waals surface area (Å²) in [5.74, 6) is 0.507. The number of rotatable bonds is 4. The maximum Gasteiger partial charge on any atom is 0.262 e. The summed E-state index contributed by atoms with van der Waals surface area (Å²) in [4.78, 5) is 16.1. The van der Waals surface area contributed by atoms with Gasteiger partial charge in [0, 0.05) is 5.69 Å². The Balaban J connectivity index is 1.59. The van der Waals surface area contributed by atoms with E-state index in [4.69, 9.17) is 4.74 Å². The molecule has 1 N–H and O–H groups in total. The number of anilines is 1. The Kier molecular flexibility index (Phi) is 3.83. The number of thiazole rings is 1. The summed E-state index contributed by atoms with van der Waals surface area (Å²) < 4.78 is 6.49. The van der Waals surface area contributed by atoms with E-state index in [1.54, 1.807) is 16.8 Å². The first-order chi connectivity index (χ1) is 10.2. The van der Waals surface area contributed by atoms with Gasteiger partial charge in [-0.2, -0.15) is 0 Å². The zero-order valence-electron chi connectivity index (χ0n) is 11.5. The lowest BCUT2D eigenvalue weighted by molar-refractivity contribution is -0.118. The van der Waals surface area contributed by atoms with Crippen LogP contribution in [-0.4, -0.2) is 17.5 Å². The van der Waals surface area contributed by atoms with Gasteiger partial charge in [-0.05, 0) is 37.3 Å². The summed E-state index contributed by atoms with van der Waals surface area (Å²) in [6, 6.07) is 13.2. The molecule has 0 aliphatic carbocycles. The average Bonchev–Trinajstić information content (AvgIpc) is 2.94. The van der Waals surface area contributed by atoms with Gasteiger partial charge in [0.1, 0.15) is 5.75 Å². The molecule has 4 nitrogen and oxygen atoms in total. The van der Waals surface area contributed by atoms with Crippen molar-refractivity contribution in [3.05, 3.63) is 53.5 Å². The van der Waals surface area contributed by atoms with Crippen molar-refractivity contribution in [2.24, 2.45) is 0 Å². The van der Waals surface area contributed by atoms with E-state index in [9.17, 15) is 4.79 Å². The van der Waals surface area contributed by atoms with Crippen molar-refractivity contribution in [2.75, 3.05) is 11.9 Å². The minimum absolute atomic E-state index is 0.0101. The van der Waals surface area contributed by atoms with Crippen molar-refractivity contribution < 1.29 is 9.53 Å². The number of fused-ring (bicyclic) bond motifs is 1. The summed E-state index contributed by atoms with van der Waals surface area (Å²) in [6.07, 6.45) is 0. The zero-order chi connectivity index (χ0) is 14.7. The minimum atomic E-state index is -0.181. The molecule has 0 radical (unpaired) electrons. The van der Waals surface area contributed by atoms with Gasteiger partial charge in [-0.25, -0.2) is 4.98 Å². The predicted molar refractivity (Wildman–Crippen MR) is 84.9 cm³/mol. The first-order valence-electron chi connectivity index (χ1n) is 6.53. The van der Waals surface area contributed by atoms with E-state index < -0.39 is 0 Å². The minimum Gasteiger partial charge on any atom is -0.484 e. The largest absolute Gasteiger partial charge is 0.484 e. The summed E-state index contributed by atoms with van der Waals surface area (Å²) in [7, 11) is 0. The summed E-state index contributed by atoms with van der Waals surface area (Å²) in [5, 5.41) is 2.82. The van der Waals surface area contributed by atoms with Crippen molar-refractivity contribution >= 4 is 33.1 Å². The topological polar surface area (TPSA) is 51.2 Å². The van der Waals surface area contributed by atoms with E-state index in [-0.39, 0.29) is 12.5 Å². The lowest BCUT2D eigenvalue weighted by atomic mass is 10.2. The van der Waals surface area contributed by atoms with Gasteiger partial charge in [0.05, 0.1) is 15.7 Å². The number of aromatic nitrogens is 1. The standard InChI is InChI=1S/C16H14N2O2S/c1-11-2-5-13(6-3-11)20-9-16(19)18-12-4-7-14-15(8-12)21-10-17-14/h2-8,10H,9H2,1H3,(H,18,19). The summed E-state index contributed by atoms with van der Waals surface area (Å²) in [5.41, 5.74) is 4.64. The normalized spacial score (nSPS) is 10.5. The molecule has 1 aromatic heterocycles. The lowest BCUT2D eigenvalue weighted by Gasteiger charge is -2.07. The molecule has 0 spiro atoms. The summed E-state index contributed by atoms with van der Waals surface area (Å²) in [6.45, 7) is 2.00. The maximum atomic E-state index is 11.9. The molecular weight excluding hydrogens is 284 g/mol. The SMILES string of the molecule is Cc1ccc(OCC(=O)Nc2ccc3ncsc3c2)cc1. The first kappa shape index (κ1) is 13.6. The van der Waals surface area contributed by atoms with Gasteiger partial charge < -0.3 is 10.1 Å². The van der Waals surface area contributed by atoms with E-state index in [1.165, 1.54) is 0 Å². The van der Waals surface area contributed by atoms with Crippen LogP contribution in [0.4, 0.5) is 5.69 Å². The summed E-state index contributed by atoms with van der Waals surface area (Å²) >= 11 is 1.55. The molecular formula is C16H14N2O2S. The number of ether oxygens (including phenoxy) is 1. The third-order valence-electron chi connectivity index (χ3n) is 3.01. The third-order valence-corrected chi connectivity index (χ3v) is 3.80. The second-order valence-corrected chi connectivity index (χ2v) is 5.57. The smallest absolute Gasteiger partial charge is 0.262 e. The number of carbonyl (C=O) groups is 1. The van der Waals surface area contributed by atoms with Crippen LogP contribution in [0.2, 0.25) is 0 Å². The van der Waals surface area contributed by atoms with Crippen LogP contribution in [0.3, 0.4) is 0 Å². The van der Waals surface area contributed by atoms with Gasteiger partial charge in [0.2, 0.25) is 0 Å². The van der Waals surface area contributed by atoms with Crippen molar-refractivity contribution in [3.8, 4) is 5.75 Å². The van der Waals surface area contributed by atoms with Crippen molar-refractivity contribution in [2.45, 2.75) is 6.92 Å². The van der Waals surface area contributed by atoms with Crippen LogP contribution in [0.5, 0.6) is 5.75 Å². The Morgan fingerprint density at radius 3 is 2.86 bits per heavy atom. The number of benzene rings is 2. The molecule has 0 aliphatic rings. The highest BCUT2D eigenvalue weighted by Gasteiger charge is 2.05. The highest BCUT2D eigenvalue weighted by Crippen LogP contribution is 2.21. The average molecular weight is 298 g/mol. The Morgan fingerprint density at radius 2 is 2.05 bits per heavy atom. The quantitative estimate of drug-likeness (QED) is 0.800. The number of nitrogens with one attached hydrogen (secondary N) is 1. The molecule has 2 aromatic carbocycles. The molecule has 21 heavy (non-hydrogen) atoms. The Morgan fingerprint density at radius 1 is 1.24 bits per heavy atom. The van der Waals surface area contributed by atoms with E-state index in [2.05, 4.69) is 10.3 Å². The van der Waals surface area contributed by atoms with Gasteiger partial charge >= 0.3 is 0 Å². The second kappa shape index (κ2) is 5.93. The van der Waals surface area contributed by atoms with E-state index >= 15 is 0 Å². The molecule has 3 aromatic rings. The van der Waals surface area contributed by atoms with Crippen molar-refractivity contribution in [1.82, 2.24) is 4.98 Å². The van der Waals surface area contributed by atoms with Crippen LogP contribution in [0.15, 0.2) is 48.0 Å². The molecule has 106 valence electrons. The molecule has 0 bridgehead atoms. The number of carbonyl (C=O) groups excluding carboxylic acids is 1. The highest BCUT2D eigenvalue weighted by molar-refractivity contribution is 7.16. The van der Waals surface area contributed by atoms with E-state index in [0.29, 0.717) is 5.75 Å². The fourth-order valence-corrected chi connectivity index (χ4v) is 2.63. The van der Waals surface area contributed by atoms with Gasteiger partial charge in [-0.15, -0.1) is 11.3 Å². The highest BCUT2D eigenvalue weighted by atomic mass is 32.1. The number of aryl methyl sites for hydroxylation is 1. The van der Waals surface area contributed by atoms with Crippen LogP contribution in [0.1, 0.15) is 5.56 Å². The van der Waals surface area contributed by atoms with Gasteiger partial charge in [0.15, 0.2) is 6.61 Å². The molecule has 1 amide bonds. The lowest BCUT2D eigenvalue weighted by Crippen LogP contribution is -2.20. The number of amides is 1. The number of hydrogen-bond donors (Lipinski definition) is 1. The van der Waals surface area contributed by atoms with Crippen LogP contribution >= 0.6 is 11.3 Å². The van der Waals surface area contributed by atoms with E-state index in [1.807, 2.05) is 49.4 Å². The molecule has 0 atom stereocenters. The van der Waals surface area contributed by atoms with Crippen LogP contribution in [0.25, 0.3) is 10.2 Å². The molecule has 0 aliphatic heterocycles. The predicted octanol–water partition coefficient (Wildman–Crippen LogP) is 3.62. The molecule has 0 saturated heterocycles. The molecule has 0 unspecified atom stereocenters. The van der Waals surface area contributed by atoms with E-state index in [0.717, 1.165) is 21.5 Å². The fourth-order valence-electron chi connectivity index (χ4n) is 1.91. The van der Waals surface area contributed by atoms with Crippen LogP contribution in [-0.2, 0) is 4.79 Å². The van der Waals surface area contributed by atoms with Gasteiger partial charge in [-0.1, -0.05) is 17.7 Å². The molecule has 0 saturated carbocycles. The van der Waals surface area contributed by atoms with Crippen LogP contribution < -0.4 is 10.1 Å². The van der Waals surface area contributed by atoms with Crippen molar-refractivity contribution in [3.63, 3.8) is 0 Å². The number of hydrogen-bond acceptors (Lipinski definition) is 4. The number of nitrogens with zero attached hydrogens (tertiary/aromatic N) is 1. The monoisotopic (exact) mass is 298 g/mol. The Hall–Kier alpha value is -2.40. The fraction of sp³-hybridized carbons (Fsp3) is 0.125. The second-order valence-electron chi connectivity index (χ2n) is 4.68. The van der Waals surface area contributed by atoms with Gasteiger partial charge in [0.25, 0.3) is 5.91 Å². The molecule has 1 heterocycles. The zero-order valence-corrected chi connectivity index (χ0v) is 12.3. The Labute approximate surface area is 126 Å². The third kappa shape index (κ3) is 3.38. The van der Waals surface area contributed by atoms with Gasteiger partial charge in [-0.3, -0.25) is 4.79 Å². The first-order valence-corrected chi connectivity index (χ1v) is 7.41. The molecule has 3 rings (SSSR count). The molecule has 0 fully saturated rings. The maximum absolute atomic E-state index is 11.9.